The Morgan fingerprint density at radius 1 is 1.25 bits per heavy atom. The number of hydrogen-bond acceptors (Lipinski definition) is 1. The van der Waals surface area contributed by atoms with Gasteiger partial charge in [0.1, 0.15) is 0 Å². The second-order valence-corrected chi connectivity index (χ2v) is 2.86. The summed E-state index contributed by atoms with van der Waals surface area (Å²) in [5, 5.41) is 4.42. The highest BCUT2D eigenvalue weighted by atomic mass is 15.1. The molecule has 2 heteroatoms. The zero-order valence-electron chi connectivity index (χ0n) is 7.12. The van der Waals surface area contributed by atoms with Crippen LogP contribution in [0.25, 0.3) is 10.9 Å². The van der Waals surface area contributed by atoms with E-state index in [1.807, 2.05) is 7.05 Å². The Bertz CT molecular complexity index is 376. The third kappa shape index (κ3) is 1.10. The first kappa shape index (κ1) is 7.37. The SMILES string of the molecule is CNCn1ccc2ccccc21. The Morgan fingerprint density at radius 2 is 2.08 bits per heavy atom. The first-order valence-electron chi connectivity index (χ1n) is 4.10. The van der Waals surface area contributed by atoms with E-state index in [0.717, 1.165) is 6.67 Å². The molecular weight excluding hydrogens is 148 g/mol. The average Bonchev–Trinajstić information content (AvgIpc) is 2.50. The van der Waals surface area contributed by atoms with E-state index in [9.17, 15) is 0 Å². The van der Waals surface area contributed by atoms with Crippen molar-refractivity contribution in [1.29, 1.82) is 0 Å². The molecule has 1 N–H and O–H groups in total. The highest BCUT2D eigenvalue weighted by Gasteiger charge is 1.96. The molecule has 0 aliphatic heterocycles. The Balaban J connectivity index is 2.55. The zero-order valence-corrected chi connectivity index (χ0v) is 7.12. The van der Waals surface area contributed by atoms with Crippen LogP contribution in [0.15, 0.2) is 36.5 Å². The fourth-order valence-corrected chi connectivity index (χ4v) is 1.45. The molecule has 0 bridgehead atoms. The van der Waals surface area contributed by atoms with Gasteiger partial charge < -0.3 is 9.88 Å². The fourth-order valence-electron chi connectivity index (χ4n) is 1.45. The molecule has 0 amide bonds. The maximum atomic E-state index is 3.13. The number of rotatable bonds is 2. The molecule has 0 fully saturated rings. The van der Waals surface area contributed by atoms with Gasteiger partial charge in [0.2, 0.25) is 0 Å². The van der Waals surface area contributed by atoms with Crippen molar-refractivity contribution in [2.45, 2.75) is 6.67 Å². The molecular formula is C10H12N2. The maximum absolute atomic E-state index is 3.13. The van der Waals surface area contributed by atoms with Crippen molar-refractivity contribution in [1.82, 2.24) is 9.88 Å². The van der Waals surface area contributed by atoms with E-state index >= 15 is 0 Å². The first-order valence-corrected chi connectivity index (χ1v) is 4.10. The van der Waals surface area contributed by atoms with Gasteiger partial charge in [-0.3, -0.25) is 0 Å². The summed E-state index contributed by atoms with van der Waals surface area (Å²) in [6, 6.07) is 10.5. The lowest BCUT2D eigenvalue weighted by Crippen LogP contribution is -2.11. The van der Waals surface area contributed by atoms with Crippen LogP contribution in [-0.4, -0.2) is 11.6 Å². The summed E-state index contributed by atoms with van der Waals surface area (Å²) in [6.07, 6.45) is 2.10. The van der Waals surface area contributed by atoms with Crippen molar-refractivity contribution in [3.63, 3.8) is 0 Å². The molecule has 62 valence electrons. The van der Waals surface area contributed by atoms with E-state index in [1.54, 1.807) is 0 Å². The van der Waals surface area contributed by atoms with Crippen LogP contribution in [0.5, 0.6) is 0 Å². The minimum Gasteiger partial charge on any atom is -0.334 e. The molecule has 0 saturated carbocycles. The predicted molar refractivity (Wildman–Crippen MR) is 51.0 cm³/mol. The second kappa shape index (κ2) is 2.99. The van der Waals surface area contributed by atoms with Crippen LogP contribution in [0.1, 0.15) is 0 Å². The van der Waals surface area contributed by atoms with Gasteiger partial charge in [-0.05, 0) is 24.6 Å². The van der Waals surface area contributed by atoms with E-state index in [-0.39, 0.29) is 0 Å². The van der Waals surface area contributed by atoms with Gasteiger partial charge >= 0.3 is 0 Å². The highest BCUT2D eigenvalue weighted by molar-refractivity contribution is 5.79. The number of benzene rings is 1. The molecule has 0 saturated heterocycles. The third-order valence-electron chi connectivity index (χ3n) is 2.01. The maximum Gasteiger partial charge on any atom is 0.0723 e. The lowest BCUT2D eigenvalue weighted by atomic mass is 10.2. The van der Waals surface area contributed by atoms with E-state index in [4.69, 9.17) is 0 Å². The Labute approximate surface area is 71.8 Å². The number of nitrogens with zero attached hydrogens (tertiary/aromatic N) is 1. The Kier molecular flexibility index (Phi) is 1.84. The minimum atomic E-state index is 0.869. The van der Waals surface area contributed by atoms with Crippen molar-refractivity contribution in [2.24, 2.45) is 0 Å². The van der Waals surface area contributed by atoms with Crippen LogP contribution in [-0.2, 0) is 6.67 Å². The summed E-state index contributed by atoms with van der Waals surface area (Å²) in [5.41, 5.74) is 1.28. The summed E-state index contributed by atoms with van der Waals surface area (Å²) in [7, 11) is 1.95. The van der Waals surface area contributed by atoms with Crippen LogP contribution in [0.4, 0.5) is 0 Å². The Morgan fingerprint density at radius 3 is 2.92 bits per heavy atom. The van der Waals surface area contributed by atoms with Crippen molar-refractivity contribution < 1.29 is 0 Å². The molecule has 2 rings (SSSR count). The molecule has 0 aliphatic carbocycles. The van der Waals surface area contributed by atoms with Crippen LogP contribution >= 0.6 is 0 Å². The molecule has 1 aromatic carbocycles. The lowest BCUT2D eigenvalue weighted by molar-refractivity contribution is 0.637. The van der Waals surface area contributed by atoms with Crippen molar-refractivity contribution in [3.05, 3.63) is 36.5 Å². The zero-order chi connectivity index (χ0) is 8.39. The smallest absolute Gasteiger partial charge is 0.0723 e. The number of fused-ring (bicyclic) bond motifs is 1. The van der Waals surface area contributed by atoms with E-state index in [1.165, 1.54) is 10.9 Å². The summed E-state index contributed by atoms with van der Waals surface area (Å²) in [6.45, 7) is 0.869. The van der Waals surface area contributed by atoms with Crippen LogP contribution in [0, 0.1) is 0 Å². The third-order valence-corrected chi connectivity index (χ3v) is 2.01. The van der Waals surface area contributed by atoms with Crippen LogP contribution in [0.3, 0.4) is 0 Å². The molecule has 0 atom stereocenters. The number of para-hydroxylation sites is 1. The number of aromatic nitrogens is 1. The summed E-state index contributed by atoms with van der Waals surface area (Å²) >= 11 is 0. The predicted octanol–water partition coefficient (Wildman–Crippen LogP) is 1.82. The summed E-state index contributed by atoms with van der Waals surface area (Å²) in [5.74, 6) is 0. The highest BCUT2D eigenvalue weighted by Crippen LogP contribution is 2.13. The molecule has 0 radical (unpaired) electrons. The van der Waals surface area contributed by atoms with Gasteiger partial charge in [-0.2, -0.15) is 0 Å². The molecule has 12 heavy (non-hydrogen) atoms. The summed E-state index contributed by atoms with van der Waals surface area (Å²) < 4.78 is 2.19. The van der Waals surface area contributed by atoms with Gasteiger partial charge in [0.05, 0.1) is 6.67 Å². The van der Waals surface area contributed by atoms with E-state index in [0.29, 0.717) is 0 Å². The van der Waals surface area contributed by atoms with Gasteiger partial charge in [-0.25, -0.2) is 0 Å². The normalized spacial score (nSPS) is 10.8. The quantitative estimate of drug-likeness (QED) is 0.709. The molecule has 0 aliphatic rings. The topological polar surface area (TPSA) is 17.0 Å². The molecule has 0 spiro atoms. The standard InChI is InChI=1S/C10H12N2/c1-11-8-12-7-6-9-4-2-3-5-10(9)12/h2-7,11H,8H2,1H3. The minimum absolute atomic E-state index is 0.869. The van der Waals surface area contributed by atoms with Gasteiger partial charge in [0, 0.05) is 11.7 Å². The van der Waals surface area contributed by atoms with Crippen LogP contribution < -0.4 is 5.32 Å². The largest absolute Gasteiger partial charge is 0.334 e. The molecule has 2 nitrogen and oxygen atoms in total. The van der Waals surface area contributed by atoms with Crippen molar-refractivity contribution in [3.8, 4) is 0 Å². The molecule has 1 heterocycles. The van der Waals surface area contributed by atoms with Gasteiger partial charge in [0.25, 0.3) is 0 Å². The average molecular weight is 160 g/mol. The van der Waals surface area contributed by atoms with Crippen molar-refractivity contribution >= 4 is 10.9 Å². The lowest BCUT2D eigenvalue weighted by Gasteiger charge is -2.02. The molecule has 1 aromatic heterocycles. The molecule has 0 unspecified atom stereocenters. The number of nitrogens with one attached hydrogen (secondary N) is 1. The molecule has 2 aromatic rings. The first-order chi connectivity index (χ1) is 5.92. The fraction of sp³-hybridized carbons (Fsp3) is 0.200. The van der Waals surface area contributed by atoms with E-state index in [2.05, 4.69) is 46.4 Å². The van der Waals surface area contributed by atoms with Gasteiger partial charge in [-0.15, -0.1) is 0 Å². The second-order valence-electron chi connectivity index (χ2n) is 2.86. The van der Waals surface area contributed by atoms with Crippen molar-refractivity contribution in [2.75, 3.05) is 7.05 Å². The monoisotopic (exact) mass is 160 g/mol. The van der Waals surface area contributed by atoms with Gasteiger partial charge in [-0.1, -0.05) is 18.2 Å². The number of hydrogen-bond donors (Lipinski definition) is 1. The Hall–Kier alpha value is -1.28. The summed E-state index contributed by atoms with van der Waals surface area (Å²) in [4.78, 5) is 0. The van der Waals surface area contributed by atoms with Crippen LogP contribution in [0.2, 0.25) is 0 Å². The van der Waals surface area contributed by atoms with E-state index < -0.39 is 0 Å². The van der Waals surface area contributed by atoms with Gasteiger partial charge in [0.15, 0.2) is 0 Å².